The highest BCUT2D eigenvalue weighted by atomic mass is 16.5. The van der Waals surface area contributed by atoms with Crippen LogP contribution < -0.4 is 10.1 Å². The van der Waals surface area contributed by atoms with Crippen LogP contribution in [0.3, 0.4) is 0 Å². The maximum Gasteiger partial charge on any atom is 0.119 e. The molecule has 0 aliphatic heterocycles. The molecule has 2 aromatic carbocycles. The minimum Gasteiger partial charge on any atom is -0.491 e. The minimum absolute atomic E-state index is 0.0138. The number of aliphatic hydroxyl groups excluding tert-OH is 1. The van der Waals surface area contributed by atoms with E-state index in [9.17, 15) is 5.11 Å². The number of benzene rings is 2. The number of ether oxygens (including phenoxy) is 1. The second-order valence-electron chi connectivity index (χ2n) is 6.71. The monoisotopic (exact) mass is 341 g/mol. The average Bonchev–Trinajstić information content (AvgIpc) is 2.63. The maximum atomic E-state index is 10.4. The largest absolute Gasteiger partial charge is 0.491 e. The highest BCUT2D eigenvalue weighted by Crippen LogP contribution is 2.17. The summed E-state index contributed by atoms with van der Waals surface area (Å²) in [5.74, 6) is 0.936. The number of nitrogens with one attached hydrogen (secondary N) is 1. The van der Waals surface area contributed by atoms with Crippen molar-refractivity contribution in [1.82, 2.24) is 5.32 Å². The van der Waals surface area contributed by atoms with Crippen molar-refractivity contribution >= 4 is 0 Å². The van der Waals surface area contributed by atoms with E-state index in [1.165, 1.54) is 5.56 Å². The second kappa shape index (κ2) is 10.2. The summed E-state index contributed by atoms with van der Waals surface area (Å²) in [4.78, 5) is 0. The van der Waals surface area contributed by atoms with Gasteiger partial charge in [-0.1, -0.05) is 55.8 Å². The molecule has 2 N–H and O–H groups in total. The fourth-order valence-corrected chi connectivity index (χ4v) is 2.93. The molecule has 0 aromatic heterocycles. The Labute approximate surface area is 152 Å². The molecule has 0 spiro atoms. The van der Waals surface area contributed by atoms with Gasteiger partial charge in [0.25, 0.3) is 0 Å². The molecule has 3 heteroatoms. The van der Waals surface area contributed by atoms with E-state index in [1.54, 1.807) is 0 Å². The van der Waals surface area contributed by atoms with Crippen molar-refractivity contribution < 1.29 is 9.84 Å². The van der Waals surface area contributed by atoms with Gasteiger partial charge in [-0.25, -0.2) is 0 Å². The third-order valence-corrected chi connectivity index (χ3v) is 4.45. The van der Waals surface area contributed by atoms with Crippen LogP contribution >= 0.6 is 0 Å². The van der Waals surface area contributed by atoms with Crippen LogP contribution in [0.2, 0.25) is 0 Å². The molecular formula is C22H31NO2. The Morgan fingerprint density at radius 1 is 1.00 bits per heavy atom. The van der Waals surface area contributed by atoms with Crippen LogP contribution in [-0.2, 0) is 6.42 Å². The fourth-order valence-electron chi connectivity index (χ4n) is 2.93. The van der Waals surface area contributed by atoms with Gasteiger partial charge in [0.05, 0.1) is 12.2 Å². The van der Waals surface area contributed by atoms with E-state index in [-0.39, 0.29) is 12.1 Å². The van der Waals surface area contributed by atoms with Crippen LogP contribution in [0, 0.1) is 0 Å². The first-order valence-corrected chi connectivity index (χ1v) is 9.32. The Morgan fingerprint density at radius 2 is 1.68 bits per heavy atom. The zero-order valence-corrected chi connectivity index (χ0v) is 15.6. The maximum absolute atomic E-state index is 10.4. The fraction of sp³-hybridized carbons (Fsp3) is 0.455. The highest BCUT2D eigenvalue weighted by molar-refractivity contribution is 5.27. The minimum atomic E-state index is -0.489. The molecule has 136 valence electrons. The molecule has 0 aliphatic carbocycles. The van der Waals surface area contributed by atoms with Crippen LogP contribution in [0.4, 0.5) is 0 Å². The van der Waals surface area contributed by atoms with Gasteiger partial charge in [-0.3, -0.25) is 0 Å². The van der Waals surface area contributed by atoms with Crippen LogP contribution in [0.25, 0.3) is 0 Å². The Bertz CT molecular complexity index is 597. The third-order valence-electron chi connectivity index (χ3n) is 4.45. The molecular weight excluding hydrogens is 310 g/mol. The standard InChI is InChI=1S/C22H31NO2/c1-4-8-17(2)25-21-13-11-19(12-14-21)15-16-23-18(3)22(24)20-9-6-5-7-10-20/h5-7,9-14,17-18,22-24H,4,8,15-16H2,1-3H3/t17-,18+,22+/m1/s1. The van der Waals surface area contributed by atoms with E-state index in [4.69, 9.17) is 4.74 Å². The summed E-state index contributed by atoms with van der Waals surface area (Å²) in [5.41, 5.74) is 2.22. The molecule has 0 unspecified atom stereocenters. The van der Waals surface area contributed by atoms with Crippen molar-refractivity contribution in [3.63, 3.8) is 0 Å². The lowest BCUT2D eigenvalue weighted by Crippen LogP contribution is -2.33. The SMILES string of the molecule is CCC[C@@H](C)Oc1ccc(CCN[C@@H](C)[C@H](O)c2ccccc2)cc1. The first-order chi connectivity index (χ1) is 12.1. The van der Waals surface area contributed by atoms with Crippen LogP contribution in [0.15, 0.2) is 54.6 Å². The summed E-state index contributed by atoms with van der Waals surface area (Å²) >= 11 is 0. The summed E-state index contributed by atoms with van der Waals surface area (Å²) in [6.07, 6.45) is 2.91. The summed E-state index contributed by atoms with van der Waals surface area (Å²) in [7, 11) is 0. The Hall–Kier alpha value is -1.84. The summed E-state index contributed by atoms with van der Waals surface area (Å²) < 4.78 is 5.88. The van der Waals surface area contributed by atoms with Crippen molar-refractivity contribution in [3.8, 4) is 5.75 Å². The molecule has 0 radical (unpaired) electrons. The van der Waals surface area contributed by atoms with Gasteiger partial charge >= 0.3 is 0 Å². The van der Waals surface area contributed by atoms with Gasteiger partial charge in [-0.05, 0) is 56.5 Å². The van der Waals surface area contributed by atoms with Gasteiger partial charge in [0.2, 0.25) is 0 Å². The van der Waals surface area contributed by atoms with Crippen molar-refractivity contribution in [1.29, 1.82) is 0 Å². The predicted molar refractivity (Wildman–Crippen MR) is 104 cm³/mol. The molecule has 0 saturated carbocycles. The Balaban J connectivity index is 1.76. The quantitative estimate of drug-likeness (QED) is 0.668. The van der Waals surface area contributed by atoms with E-state index >= 15 is 0 Å². The van der Waals surface area contributed by atoms with Gasteiger partial charge in [0.1, 0.15) is 5.75 Å². The molecule has 0 amide bonds. The summed E-state index contributed by atoms with van der Waals surface area (Å²) in [6, 6.07) is 18.1. The topological polar surface area (TPSA) is 41.5 Å². The number of aliphatic hydroxyl groups is 1. The number of rotatable bonds is 10. The normalized spacial score (nSPS) is 14.7. The second-order valence-corrected chi connectivity index (χ2v) is 6.71. The van der Waals surface area contributed by atoms with Gasteiger partial charge in [0.15, 0.2) is 0 Å². The zero-order valence-electron chi connectivity index (χ0n) is 15.6. The molecule has 0 saturated heterocycles. The van der Waals surface area contributed by atoms with Crippen molar-refractivity contribution in [2.24, 2.45) is 0 Å². The van der Waals surface area contributed by atoms with Gasteiger partial charge in [0, 0.05) is 6.04 Å². The van der Waals surface area contributed by atoms with E-state index in [2.05, 4.69) is 31.3 Å². The smallest absolute Gasteiger partial charge is 0.119 e. The lowest BCUT2D eigenvalue weighted by molar-refractivity contribution is 0.136. The average molecular weight is 341 g/mol. The molecule has 3 nitrogen and oxygen atoms in total. The molecule has 3 atom stereocenters. The highest BCUT2D eigenvalue weighted by Gasteiger charge is 2.15. The van der Waals surface area contributed by atoms with Gasteiger partial charge in [-0.2, -0.15) is 0 Å². The molecule has 0 fully saturated rings. The van der Waals surface area contributed by atoms with Crippen molar-refractivity contribution in [2.75, 3.05) is 6.54 Å². The van der Waals surface area contributed by atoms with Crippen molar-refractivity contribution in [3.05, 3.63) is 65.7 Å². The van der Waals surface area contributed by atoms with E-state index in [0.717, 1.165) is 37.1 Å². The molecule has 0 aliphatic rings. The molecule has 2 aromatic rings. The molecule has 0 bridgehead atoms. The first kappa shape index (κ1) is 19.5. The van der Waals surface area contributed by atoms with E-state index in [0.29, 0.717) is 0 Å². The van der Waals surface area contributed by atoms with Crippen LogP contribution in [0.5, 0.6) is 5.75 Å². The molecule has 25 heavy (non-hydrogen) atoms. The zero-order chi connectivity index (χ0) is 18.1. The van der Waals surface area contributed by atoms with Crippen LogP contribution in [-0.4, -0.2) is 23.8 Å². The lowest BCUT2D eigenvalue weighted by Gasteiger charge is -2.20. The van der Waals surface area contributed by atoms with E-state index in [1.807, 2.05) is 49.4 Å². The summed E-state index contributed by atoms with van der Waals surface area (Å²) in [5, 5.41) is 13.8. The van der Waals surface area contributed by atoms with Gasteiger partial charge in [-0.15, -0.1) is 0 Å². The predicted octanol–water partition coefficient (Wildman–Crippen LogP) is 4.51. The first-order valence-electron chi connectivity index (χ1n) is 9.32. The van der Waals surface area contributed by atoms with Crippen LogP contribution in [0.1, 0.15) is 50.8 Å². The van der Waals surface area contributed by atoms with E-state index < -0.39 is 6.10 Å². The lowest BCUT2D eigenvalue weighted by atomic mass is 10.0. The summed E-state index contributed by atoms with van der Waals surface area (Å²) in [6.45, 7) is 7.13. The third kappa shape index (κ3) is 6.52. The molecule has 2 rings (SSSR count). The number of hydrogen-bond acceptors (Lipinski definition) is 3. The number of hydrogen-bond donors (Lipinski definition) is 2. The molecule has 0 heterocycles. The van der Waals surface area contributed by atoms with Crippen molar-refractivity contribution in [2.45, 2.75) is 58.3 Å². The Kier molecular flexibility index (Phi) is 7.96. The Morgan fingerprint density at radius 3 is 2.32 bits per heavy atom. The van der Waals surface area contributed by atoms with Gasteiger partial charge < -0.3 is 15.2 Å².